The Hall–Kier alpha value is -3.02. The Kier molecular flexibility index (Phi) is 5.69. The first kappa shape index (κ1) is 19.3. The molecule has 1 unspecified atom stereocenters. The van der Waals surface area contributed by atoms with Crippen molar-refractivity contribution >= 4 is 22.9 Å². The summed E-state index contributed by atoms with van der Waals surface area (Å²) >= 11 is 0. The second-order valence-corrected chi connectivity index (χ2v) is 7.66. The van der Waals surface area contributed by atoms with E-state index in [2.05, 4.69) is 34.3 Å². The van der Waals surface area contributed by atoms with Crippen molar-refractivity contribution in [3.8, 4) is 5.75 Å². The average Bonchev–Trinajstić information content (AvgIpc) is 3.16. The van der Waals surface area contributed by atoms with Crippen LogP contribution in [0.25, 0.3) is 11.0 Å². The second kappa shape index (κ2) is 8.55. The highest BCUT2D eigenvalue weighted by atomic mass is 16.5. The van der Waals surface area contributed by atoms with Crippen LogP contribution in [0.4, 0.5) is 5.95 Å². The third-order valence-corrected chi connectivity index (χ3v) is 5.42. The van der Waals surface area contributed by atoms with Crippen LogP contribution in [0.2, 0.25) is 0 Å². The van der Waals surface area contributed by atoms with E-state index in [9.17, 15) is 4.79 Å². The third-order valence-electron chi connectivity index (χ3n) is 5.42. The molecule has 0 bridgehead atoms. The van der Waals surface area contributed by atoms with Crippen LogP contribution in [0.1, 0.15) is 30.9 Å². The van der Waals surface area contributed by atoms with E-state index in [4.69, 9.17) is 9.72 Å². The number of fused-ring (bicyclic) bond motifs is 1. The van der Waals surface area contributed by atoms with Gasteiger partial charge in [-0.2, -0.15) is 0 Å². The number of carbonyl (C=O) groups excluding carboxylic acids is 1. The van der Waals surface area contributed by atoms with Crippen LogP contribution in [0.5, 0.6) is 5.75 Å². The Morgan fingerprint density at radius 1 is 1.28 bits per heavy atom. The van der Waals surface area contributed by atoms with E-state index in [0.29, 0.717) is 19.7 Å². The van der Waals surface area contributed by atoms with Crippen LogP contribution in [0.15, 0.2) is 42.5 Å². The van der Waals surface area contributed by atoms with Crippen molar-refractivity contribution in [2.45, 2.75) is 33.2 Å². The standard InChI is InChI=1S/C23H28N4O2/c1-3-29-19-9-7-17(8-10-19)14-24-22(28)18-5-4-12-27(15-18)23-25-20-11-6-16(2)13-21(20)26-23/h6-11,13,18H,3-5,12,14-15H2,1-2H3,(H,24,28)(H,25,26). The highest BCUT2D eigenvalue weighted by molar-refractivity contribution is 5.80. The summed E-state index contributed by atoms with van der Waals surface area (Å²) in [6, 6.07) is 14.1. The molecule has 1 fully saturated rings. The molecule has 1 aliphatic heterocycles. The molecular formula is C23H28N4O2. The van der Waals surface area contributed by atoms with Crippen molar-refractivity contribution in [1.82, 2.24) is 15.3 Å². The molecule has 2 N–H and O–H groups in total. The van der Waals surface area contributed by atoms with Gasteiger partial charge in [-0.05, 0) is 62.1 Å². The number of nitrogens with zero attached hydrogens (tertiary/aromatic N) is 2. The molecule has 0 spiro atoms. The number of amides is 1. The van der Waals surface area contributed by atoms with Gasteiger partial charge < -0.3 is 19.9 Å². The molecular weight excluding hydrogens is 364 g/mol. The molecule has 1 saturated heterocycles. The number of imidazole rings is 1. The molecule has 2 heterocycles. The third kappa shape index (κ3) is 4.53. The van der Waals surface area contributed by atoms with E-state index in [0.717, 1.165) is 47.7 Å². The highest BCUT2D eigenvalue weighted by Gasteiger charge is 2.27. The second-order valence-electron chi connectivity index (χ2n) is 7.66. The Balaban J connectivity index is 1.36. The number of hydrogen-bond donors (Lipinski definition) is 2. The van der Waals surface area contributed by atoms with Crippen LogP contribution in [0, 0.1) is 12.8 Å². The molecule has 1 aromatic heterocycles. The number of piperidine rings is 1. The smallest absolute Gasteiger partial charge is 0.225 e. The van der Waals surface area contributed by atoms with Gasteiger partial charge in [0.05, 0.1) is 23.6 Å². The number of aromatic amines is 1. The number of benzene rings is 2. The van der Waals surface area contributed by atoms with Gasteiger partial charge in [0.25, 0.3) is 0 Å². The summed E-state index contributed by atoms with van der Waals surface area (Å²) in [6.07, 6.45) is 1.89. The van der Waals surface area contributed by atoms with E-state index in [-0.39, 0.29) is 11.8 Å². The minimum atomic E-state index is -0.0265. The van der Waals surface area contributed by atoms with Crippen molar-refractivity contribution in [2.24, 2.45) is 5.92 Å². The van der Waals surface area contributed by atoms with E-state index in [1.807, 2.05) is 37.3 Å². The first-order chi connectivity index (χ1) is 14.1. The molecule has 2 aromatic carbocycles. The number of nitrogens with one attached hydrogen (secondary N) is 2. The Labute approximate surface area is 171 Å². The van der Waals surface area contributed by atoms with Crippen molar-refractivity contribution in [2.75, 3.05) is 24.6 Å². The first-order valence-corrected chi connectivity index (χ1v) is 10.3. The summed E-state index contributed by atoms with van der Waals surface area (Å²) in [5.74, 6) is 1.79. The number of aryl methyl sites for hydroxylation is 1. The minimum Gasteiger partial charge on any atom is -0.494 e. The molecule has 1 atom stereocenters. The normalized spacial score (nSPS) is 16.8. The lowest BCUT2D eigenvalue weighted by atomic mass is 9.97. The molecule has 0 saturated carbocycles. The molecule has 0 radical (unpaired) electrons. The lowest BCUT2D eigenvalue weighted by Crippen LogP contribution is -2.43. The Morgan fingerprint density at radius 3 is 2.90 bits per heavy atom. The van der Waals surface area contributed by atoms with Crippen molar-refractivity contribution in [3.05, 3.63) is 53.6 Å². The molecule has 0 aliphatic carbocycles. The van der Waals surface area contributed by atoms with E-state index < -0.39 is 0 Å². The van der Waals surface area contributed by atoms with Crippen LogP contribution in [-0.2, 0) is 11.3 Å². The maximum Gasteiger partial charge on any atom is 0.225 e. The van der Waals surface area contributed by atoms with Gasteiger partial charge in [-0.25, -0.2) is 4.98 Å². The van der Waals surface area contributed by atoms with Gasteiger partial charge in [-0.1, -0.05) is 18.2 Å². The van der Waals surface area contributed by atoms with Gasteiger partial charge in [0.15, 0.2) is 0 Å². The molecule has 29 heavy (non-hydrogen) atoms. The number of ether oxygens (including phenoxy) is 1. The molecule has 6 heteroatoms. The van der Waals surface area contributed by atoms with Crippen molar-refractivity contribution < 1.29 is 9.53 Å². The minimum absolute atomic E-state index is 0.0265. The van der Waals surface area contributed by atoms with Crippen LogP contribution >= 0.6 is 0 Å². The molecule has 1 aliphatic rings. The highest BCUT2D eigenvalue weighted by Crippen LogP contribution is 2.24. The molecule has 4 rings (SSSR count). The summed E-state index contributed by atoms with van der Waals surface area (Å²) in [5.41, 5.74) is 4.29. The average molecular weight is 393 g/mol. The van der Waals surface area contributed by atoms with Crippen LogP contribution in [0.3, 0.4) is 0 Å². The number of aromatic nitrogens is 2. The Bertz CT molecular complexity index is 980. The molecule has 3 aromatic rings. The summed E-state index contributed by atoms with van der Waals surface area (Å²) in [5, 5.41) is 3.09. The fourth-order valence-corrected chi connectivity index (χ4v) is 3.85. The van der Waals surface area contributed by atoms with E-state index in [1.165, 1.54) is 5.56 Å². The van der Waals surface area contributed by atoms with Gasteiger partial charge in [-0.15, -0.1) is 0 Å². The number of rotatable bonds is 6. The number of anilines is 1. The molecule has 1 amide bonds. The maximum absolute atomic E-state index is 12.7. The first-order valence-electron chi connectivity index (χ1n) is 10.3. The van der Waals surface area contributed by atoms with Gasteiger partial charge >= 0.3 is 0 Å². The quantitative estimate of drug-likeness (QED) is 0.669. The van der Waals surface area contributed by atoms with E-state index in [1.54, 1.807) is 0 Å². The fourth-order valence-electron chi connectivity index (χ4n) is 3.85. The van der Waals surface area contributed by atoms with Crippen molar-refractivity contribution in [3.63, 3.8) is 0 Å². The zero-order valence-electron chi connectivity index (χ0n) is 17.1. The van der Waals surface area contributed by atoms with Crippen LogP contribution in [-0.4, -0.2) is 35.6 Å². The van der Waals surface area contributed by atoms with E-state index >= 15 is 0 Å². The maximum atomic E-state index is 12.7. The number of carbonyl (C=O) groups is 1. The largest absolute Gasteiger partial charge is 0.494 e. The summed E-state index contributed by atoms with van der Waals surface area (Å²) < 4.78 is 5.46. The summed E-state index contributed by atoms with van der Waals surface area (Å²) in [7, 11) is 0. The van der Waals surface area contributed by atoms with Gasteiger partial charge in [-0.3, -0.25) is 4.79 Å². The van der Waals surface area contributed by atoms with Gasteiger partial charge in [0.1, 0.15) is 5.75 Å². The lowest BCUT2D eigenvalue weighted by Gasteiger charge is -2.31. The summed E-state index contributed by atoms with van der Waals surface area (Å²) in [6.45, 7) is 6.83. The Morgan fingerprint density at radius 2 is 2.10 bits per heavy atom. The molecule has 152 valence electrons. The molecule has 6 nitrogen and oxygen atoms in total. The zero-order chi connectivity index (χ0) is 20.2. The zero-order valence-corrected chi connectivity index (χ0v) is 17.1. The number of hydrogen-bond acceptors (Lipinski definition) is 4. The number of H-pyrrole nitrogens is 1. The predicted molar refractivity (Wildman–Crippen MR) is 115 cm³/mol. The van der Waals surface area contributed by atoms with Gasteiger partial charge in [0.2, 0.25) is 11.9 Å². The SMILES string of the molecule is CCOc1ccc(CNC(=O)C2CCCN(c3nc4ccc(C)cc4[nH]3)C2)cc1. The van der Waals surface area contributed by atoms with Gasteiger partial charge in [0, 0.05) is 19.6 Å². The summed E-state index contributed by atoms with van der Waals surface area (Å²) in [4.78, 5) is 23.1. The fraction of sp³-hybridized carbons (Fsp3) is 0.391. The monoisotopic (exact) mass is 392 g/mol. The van der Waals surface area contributed by atoms with Crippen molar-refractivity contribution in [1.29, 1.82) is 0 Å². The predicted octanol–water partition coefficient (Wildman–Crippen LogP) is 3.80. The van der Waals surface area contributed by atoms with Crippen LogP contribution < -0.4 is 15.0 Å². The lowest BCUT2D eigenvalue weighted by molar-refractivity contribution is -0.125. The topological polar surface area (TPSA) is 70.2 Å².